The minimum absolute atomic E-state index is 0.451. The molecule has 0 aromatic heterocycles. The zero-order chi connectivity index (χ0) is 20.7. The summed E-state index contributed by atoms with van der Waals surface area (Å²) in [7, 11) is 0. The Bertz CT molecular complexity index is 899. The molecule has 0 aliphatic heterocycles. The van der Waals surface area contributed by atoms with Crippen molar-refractivity contribution in [2.24, 2.45) is 0 Å². The lowest BCUT2D eigenvalue weighted by molar-refractivity contribution is -0.148. The Morgan fingerprint density at radius 2 is 1.82 bits per heavy atom. The Morgan fingerprint density at radius 3 is 2.54 bits per heavy atom. The van der Waals surface area contributed by atoms with Gasteiger partial charge in [0.15, 0.2) is 23.6 Å². The second-order valence-corrected chi connectivity index (χ2v) is 5.60. The third-order valence-corrected chi connectivity index (χ3v) is 3.57. The van der Waals surface area contributed by atoms with Crippen LogP contribution in [0.2, 0.25) is 0 Å². The van der Waals surface area contributed by atoms with Gasteiger partial charge in [0.25, 0.3) is 5.91 Å². The van der Waals surface area contributed by atoms with Gasteiger partial charge in [0.1, 0.15) is 5.75 Å². The largest absolute Gasteiger partial charge is 0.493 e. The molecule has 1 atom stereocenters. The summed E-state index contributed by atoms with van der Waals surface area (Å²) in [6, 6.07) is 8.55. The van der Waals surface area contributed by atoms with Crippen LogP contribution in [-0.2, 0) is 14.3 Å². The molecule has 28 heavy (non-hydrogen) atoms. The van der Waals surface area contributed by atoms with Crippen molar-refractivity contribution in [3.63, 3.8) is 0 Å². The summed E-state index contributed by atoms with van der Waals surface area (Å²) in [5.74, 6) is -5.78. The van der Waals surface area contributed by atoms with Gasteiger partial charge < -0.3 is 14.8 Å². The highest BCUT2D eigenvalue weighted by atomic mass is 19.2. The fourth-order valence-electron chi connectivity index (χ4n) is 2.19. The Labute approximate surface area is 159 Å². The van der Waals surface area contributed by atoms with Gasteiger partial charge in [-0.05, 0) is 38.1 Å². The van der Waals surface area contributed by atoms with E-state index in [9.17, 15) is 22.8 Å². The highest BCUT2D eigenvalue weighted by molar-refractivity contribution is 5.96. The predicted octanol–water partition coefficient (Wildman–Crippen LogP) is 4.09. The van der Waals surface area contributed by atoms with Crippen molar-refractivity contribution in [3.8, 4) is 5.75 Å². The normalized spacial score (nSPS) is 11.9. The van der Waals surface area contributed by atoms with Gasteiger partial charge in [-0.2, -0.15) is 0 Å². The van der Waals surface area contributed by atoms with Crippen LogP contribution in [0.5, 0.6) is 5.75 Å². The summed E-state index contributed by atoms with van der Waals surface area (Å²) in [4.78, 5) is 23.9. The Hall–Kier alpha value is -3.29. The van der Waals surface area contributed by atoms with Crippen LogP contribution in [0.15, 0.2) is 42.5 Å². The highest BCUT2D eigenvalue weighted by Gasteiger charge is 2.20. The number of amides is 1. The zero-order valence-corrected chi connectivity index (χ0v) is 15.2. The number of benzene rings is 2. The van der Waals surface area contributed by atoms with E-state index in [-0.39, 0.29) is 0 Å². The molecule has 1 N–H and O–H groups in total. The van der Waals surface area contributed by atoms with Crippen LogP contribution in [0.25, 0.3) is 6.08 Å². The SMILES string of the molecule is CCOc1ccccc1/C=C/C(=O)OC(C)C(=O)Nc1ccc(F)c(F)c1F. The van der Waals surface area contributed by atoms with Gasteiger partial charge in [0.2, 0.25) is 0 Å². The van der Waals surface area contributed by atoms with Crippen LogP contribution < -0.4 is 10.1 Å². The number of rotatable bonds is 7. The average molecular weight is 393 g/mol. The van der Waals surface area contributed by atoms with E-state index >= 15 is 0 Å². The molecule has 0 aliphatic rings. The third-order valence-electron chi connectivity index (χ3n) is 3.57. The second-order valence-electron chi connectivity index (χ2n) is 5.60. The molecule has 2 aromatic rings. The first kappa shape index (κ1) is 21.0. The Morgan fingerprint density at radius 1 is 1.11 bits per heavy atom. The second kappa shape index (κ2) is 9.59. The molecular formula is C20H18F3NO4. The van der Waals surface area contributed by atoms with Crippen LogP contribution in [-0.4, -0.2) is 24.6 Å². The molecule has 0 aliphatic carbocycles. The molecule has 0 spiro atoms. The number of para-hydroxylation sites is 1. The Balaban J connectivity index is 1.98. The van der Waals surface area contributed by atoms with Gasteiger partial charge in [-0.1, -0.05) is 18.2 Å². The maximum absolute atomic E-state index is 13.6. The molecule has 0 heterocycles. The van der Waals surface area contributed by atoms with Gasteiger partial charge in [0.05, 0.1) is 12.3 Å². The van der Waals surface area contributed by atoms with E-state index in [0.29, 0.717) is 24.0 Å². The van der Waals surface area contributed by atoms with Crippen LogP contribution in [0.1, 0.15) is 19.4 Å². The fourth-order valence-corrected chi connectivity index (χ4v) is 2.19. The molecule has 1 amide bonds. The van der Waals surface area contributed by atoms with Crippen LogP contribution in [0.4, 0.5) is 18.9 Å². The van der Waals surface area contributed by atoms with E-state index in [1.165, 1.54) is 13.0 Å². The number of hydrogen-bond donors (Lipinski definition) is 1. The number of carbonyl (C=O) groups excluding carboxylic acids is 2. The predicted molar refractivity (Wildman–Crippen MR) is 97.1 cm³/mol. The summed E-state index contributed by atoms with van der Waals surface area (Å²) in [6.45, 7) is 3.53. The molecule has 2 aromatic carbocycles. The molecule has 0 saturated carbocycles. The molecule has 0 saturated heterocycles. The van der Waals surface area contributed by atoms with E-state index < -0.39 is 41.1 Å². The molecule has 8 heteroatoms. The Kier molecular flexibility index (Phi) is 7.20. The first-order valence-electron chi connectivity index (χ1n) is 8.38. The van der Waals surface area contributed by atoms with Crippen molar-refractivity contribution in [2.75, 3.05) is 11.9 Å². The summed E-state index contributed by atoms with van der Waals surface area (Å²) in [5, 5.41) is 2.04. The van der Waals surface area contributed by atoms with Crippen molar-refractivity contribution in [1.82, 2.24) is 0 Å². The minimum Gasteiger partial charge on any atom is -0.493 e. The van der Waals surface area contributed by atoms with Crippen molar-refractivity contribution >= 4 is 23.6 Å². The minimum atomic E-state index is -1.71. The standard InChI is InChI=1S/C20H18F3NO4/c1-3-27-16-7-5-4-6-13(16)8-11-17(25)28-12(2)20(26)24-15-10-9-14(21)18(22)19(15)23/h4-12H,3H2,1-2H3,(H,24,26)/b11-8+. The number of nitrogens with one attached hydrogen (secondary N) is 1. The monoisotopic (exact) mass is 393 g/mol. The van der Waals surface area contributed by atoms with Gasteiger partial charge in [-0.25, -0.2) is 18.0 Å². The van der Waals surface area contributed by atoms with E-state index in [4.69, 9.17) is 9.47 Å². The van der Waals surface area contributed by atoms with Gasteiger partial charge in [0, 0.05) is 11.6 Å². The summed E-state index contributed by atoms with van der Waals surface area (Å²) < 4.78 is 50.1. The van der Waals surface area contributed by atoms with Crippen molar-refractivity contribution in [1.29, 1.82) is 0 Å². The molecule has 2 rings (SSSR count). The van der Waals surface area contributed by atoms with Crippen molar-refractivity contribution < 1.29 is 32.2 Å². The van der Waals surface area contributed by atoms with Gasteiger partial charge in [-0.3, -0.25) is 4.79 Å². The number of ether oxygens (including phenoxy) is 2. The quantitative estimate of drug-likeness (QED) is 0.437. The summed E-state index contributed by atoms with van der Waals surface area (Å²) in [5.41, 5.74) is 0.0789. The fraction of sp³-hybridized carbons (Fsp3) is 0.200. The molecule has 0 bridgehead atoms. The molecule has 0 fully saturated rings. The first-order chi connectivity index (χ1) is 13.3. The van der Waals surface area contributed by atoms with Crippen LogP contribution in [0.3, 0.4) is 0 Å². The van der Waals surface area contributed by atoms with E-state index in [1.54, 1.807) is 24.3 Å². The first-order valence-corrected chi connectivity index (χ1v) is 8.38. The third kappa shape index (κ3) is 5.35. The molecular weight excluding hydrogens is 375 g/mol. The van der Waals surface area contributed by atoms with Crippen LogP contribution in [0, 0.1) is 17.5 Å². The summed E-state index contributed by atoms with van der Waals surface area (Å²) >= 11 is 0. The maximum Gasteiger partial charge on any atom is 0.331 e. The molecule has 5 nitrogen and oxygen atoms in total. The maximum atomic E-state index is 13.6. The molecule has 1 unspecified atom stereocenters. The van der Waals surface area contributed by atoms with E-state index in [0.717, 1.165) is 12.1 Å². The van der Waals surface area contributed by atoms with Crippen molar-refractivity contribution in [2.45, 2.75) is 20.0 Å². The number of anilines is 1. The highest BCUT2D eigenvalue weighted by Crippen LogP contribution is 2.21. The average Bonchev–Trinajstić information content (AvgIpc) is 2.68. The zero-order valence-electron chi connectivity index (χ0n) is 15.2. The molecule has 0 radical (unpaired) electrons. The summed E-state index contributed by atoms with van der Waals surface area (Å²) in [6.07, 6.45) is 1.28. The number of halogens is 3. The lowest BCUT2D eigenvalue weighted by Gasteiger charge is -2.13. The topological polar surface area (TPSA) is 64.6 Å². The smallest absolute Gasteiger partial charge is 0.331 e. The molecule has 148 valence electrons. The van der Waals surface area contributed by atoms with E-state index in [2.05, 4.69) is 0 Å². The van der Waals surface area contributed by atoms with Gasteiger partial charge >= 0.3 is 5.97 Å². The number of carbonyl (C=O) groups is 2. The number of esters is 1. The van der Waals surface area contributed by atoms with Crippen molar-refractivity contribution in [3.05, 3.63) is 65.5 Å². The number of hydrogen-bond acceptors (Lipinski definition) is 4. The van der Waals surface area contributed by atoms with Crippen LogP contribution >= 0.6 is 0 Å². The lowest BCUT2D eigenvalue weighted by atomic mass is 10.2. The van der Waals surface area contributed by atoms with E-state index in [1.807, 2.05) is 12.2 Å². The lowest BCUT2D eigenvalue weighted by Crippen LogP contribution is -2.29. The van der Waals surface area contributed by atoms with Gasteiger partial charge in [-0.15, -0.1) is 0 Å².